The van der Waals surface area contributed by atoms with E-state index in [0.29, 0.717) is 5.02 Å². The van der Waals surface area contributed by atoms with Crippen molar-refractivity contribution in [1.29, 1.82) is 5.26 Å². The van der Waals surface area contributed by atoms with Crippen molar-refractivity contribution in [3.8, 4) is 6.07 Å². The van der Waals surface area contributed by atoms with Crippen molar-refractivity contribution in [2.75, 3.05) is 18.0 Å². The predicted octanol–water partition coefficient (Wildman–Crippen LogP) is 3.01. The second-order valence-electron chi connectivity index (χ2n) is 3.58. The number of likely N-dealkylation sites (N-methyl/N-ethyl adjacent to an activating group) is 1. The summed E-state index contributed by atoms with van der Waals surface area (Å²) in [6.45, 7) is 9.41. The quantitative estimate of drug-likeness (QED) is 0.754. The van der Waals surface area contributed by atoms with Gasteiger partial charge < -0.3 is 4.90 Å². The van der Waals surface area contributed by atoms with Gasteiger partial charge in [0.1, 0.15) is 11.9 Å². The molecule has 0 spiro atoms. The summed E-state index contributed by atoms with van der Waals surface area (Å²) in [5, 5.41) is 9.23. The molecule has 0 amide bonds. The average Bonchev–Trinajstić information content (AvgIpc) is 2.26. The zero-order valence-corrected chi connectivity index (χ0v) is 10.3. The number of halogens is 1. The summed E-state index contributed by atoms with van der Waals surface area (Å²) in [5.41, 5.74) is 1.32. The fourth-order valence-corrected chi connectivity index (χ4v) is 1.51. The van der Waals surface area contributed by atoms with Crippen LogP contribution in [-0.4, -0.2) is 18.1 Å². The van der Waals surface area contributed by atoms with Gasteiger partial charge in [0.05, 0.1) is 5.02 Å². The third-order valence-corrected chi connectivity index (χ3v) is 2.41. The number of aromatic nitrogens is 1. The van der Waals surface area contributed by atoms with E-state index in [0.717, 1.165) is 24.5 Å². The van der Waals surface area contributed by atoms with Gasteiger partial charge in [0.2, 0.25) is 0 Å². The van der Waals surface area contributed by atoms with E-state index in [4.69, 9.17) is 16.9 Å². The smallest absolute Gasteiger partial charge is 0.161 e. The van der Waals surface area contributed by atoms with Gasteiger partial charge in [-0.2, -0.15) is 5.26 Å². The molecule has 1 rings (SSSR count). The number of anilines is 1. The van der Waals surface area contributed by atoms with E-state index in [1.807, 2.05) is 30.9 Å². The van der Waals surface area contributed by atoms with Crippen LogP contribution in [0.5, 0.6) is 0 Å². The van der Waals surface area contributed by atoms with E-state index in [1.54, 1.807) is 6.07 Å². The lowest BCUT2D eigenvalue weighted by Gasteiger charge is -2.22. The normalized spacial score (nSPS) is 9.62. The molecule has 1 heterocycles. The molecule has 0 unspecified atom stereocenters. The van der Waals surface area contributed by atoms with Crippen molar-refractivity contribution in [1.82, 2.24) is 4.98 Å². The highest BCUT2D eigenvalue weighted by atomic mass is 35.5. The molecule has 0 aliphatic rings. The summed E-state index contributed by atoms with van der Waals surface area (Å²) >= 11 is 5.83. The van der Waals surface area contributed by atoms with E-state index in [2.05, 4.69) is 11.6 Å². The zero-order chi connectivity index (χ0) is 12.1. The van der Waals surface area contributed by atoms with Gasteiger partial charge in [-0.25, -0.2) is 4.98 Å². The number of hydrogen-bond acceptors (Lipinski definition) is 3. The first kappa shape index (κ1) is 12.5. The minimum absolute atomic E-state index is 0.263. The number of rotatable bonds is 4. The second-order valence-corrected chi connectivity index (χ2v) is 3.99. The van der Waals surface area contributed by atoms with Gasteiger partial charge in [-0.1, -0.05) is 23.8 Å². The van der Waals surface area contributed by atoms with E-state index in [1.165, 1.54) is 0 Å². The molecule has 1 aromatic rings. The highest BCUT2D eigenvalue weighted by molar-refractivity contribution is 6.31. The van der Waals surface area contributed by atoms with Gasteiger partial charge in [0, 0.05) is 13.1 Å². The Kier molecular flexibility index (Phi) is 4.33. The van der Waals surface area contributed by atoms with Crippen LogP contribution < -0.4 is 4.90 Å². The van der Waals surface area contributed by atoms with Crippen LogP contribution in [0.1, 0.15) is 19.5 Å². The van der Waals surface area contributed by atoms with Gasteiger partial charge >= 0.3 is 0 Å². The Labute approximate surface area is 101 Å². The Morgan fingerprint density at radius 3 is 2.81 bits per heavy atom. The van der Waals surface area contributed by atoms with Crippen molar-refractivity contribution < 1.29 is 0 Å². The number of nitriles is 1. The SMILES string of the molecule is C=C(C)CN(CC)c1ccc(Cl)c(C#N)n1. The maximum absolute atomic E-state index is 8.85. The van der Waals surface area contributed by atoms with Crippen LogP contribution in [0.25, 0.3) is 0 Å². The molecule has 84 valence electrons. The fourth-order valence-electron chi connectivity index (χ4n) is 1.37. The molecule has 16 heavy (non-hydrogen) atoms. The molecule has 0 aromatic carbocycles. The topological polar surface area (TPSA) is 39.9 Å². The third kappa shape index (κ3) is 2.98. The summed E-state index contributed by atoms with van der Waals surface area (Å²) < 4.78 is 0. The first-order valence-corrected chi connectivity index (χ1v) is 5.42. The molecule has 0 aliphatic carbocycles. The highest BCUT2D eigenvalue weighted by Gasteiger charge is 2.08. The maximum atomic E-state index is 8.85. The van der Waals surface area contributed by atoms with Crippen LogP contribution in [0.15, 0.2) is 24.3 Å². The molecule has 0 bridgehead atoms. The average molecular weight is 236 g/mol. The molecule has 4 heteroatoms. The van der Waals surface area contributed by atoms with Crippen LogP contribution in [-0.2, 0) is 0 Å². The molecular weight excluding hydrogens is 222 g/mol. The molecule has 0 N–H and O–H groups in total. The second kappa shape index (κ2) is 5.53. The van der Waals surface area contributed by atoms with Gasteiger partial charge in [0.15, 0.2) is 5.69 Å². The molecule has 0 saturated carbocycles. The van der Waals surface area contributed by atoms with Crippen LogP contribution in [0.2, 0.25) is 5.02 Å². The number of nitrogens with zero attached hydrogens (tertiary/aromatic N) is 3. The zero-order valence-electron chi connectivity index (χ0n) is 9.50. The minimum atomic E-state index is 0.263. The van der Waals surface area contributed by atoms with Crippen molar-refractivity contribution in [2.45, 2.75) is 13.8 Å². The lowest BCUT2D eigenvalue weighted by molar-refractivity contribution is 0.858. The first-order chi connectivity index (χ1) is 7.58. The molecular formula is C12H14ClN3. The van der Waals surface area contributed by atoms with Crippen LogP contribution in [0.3, 0.4) is 0 Å². The van der Waals surface area contributed by atoms with Gasteiger partial charge in [-0.05, 0) is 26.0 Å². The summed E-state index contributed by atoms with van der Waals surface area (Å²) in [6, 6.07) is 5.49. The lowest BCUT2D eigenvalue weighted by atomic mass is 10.3. The molecule has 0 radical (unpaired) electrons. The van der Waals surface area contributed by atoms with Gasteiger partial charge in [-0.15, -0.1) is 0 Å². The maximum Gasteiger partial charge on any atom is 0.161 e. The van der Waals surface area contributed by atoms with E-state index in [9.17, 15) is 0 Å². The third-order valence-electron chi connectivity index (χ3n) is 2.10. The van der Waals surface area contributed by atoms with Crippen LogP contribution in [0, 0.1) is 11.3 Å². The Morgan fingerprint density at radius 2 is 2.31 bits per heavy atom. The summed E-state index contributed by atoms with van der Waals surface area (Å²) in [5.74, 6) is 0.756. The van der Waals surface area contributed by atoms with Crippen molar-refractivity contribution >= 4 is 17.4 Å². The minimum Gasteiger partial charge on any atom is -0.353 e. The van der Waals surface area contributed by atoms with Crippen molar-refractivity contribution in [2.24, 2.45) is 0 Å². The Bertz CT molecular complexity index is 434. The van der Waals surface area contributed by atoms with E-state index < -0.39 is 0 Å². The number of hydrogen-bond donors (Lipinski definition) is 0. The number of pyridine rings is 1. The summed E-state index contributed by atoms with van der Waals surface area (Å²) in [6.07, 6.45) is 0. The monoisotopic (exact) mass is 235 g/mol. The Morgan fingerprint density at radius 1 is 1.62 bits per heavy atom. The molecule has 0 saturated heterocycles. The Balaban J connectivity index is 3.02. The Hall–Kier alpha value is -1.53. The molecule has 0 fully saturated rings. The van der Waals surface area contributed by atoms with Crippen molar-refractivity contribution in [3.63, 3.8) is 0 Å². The summed E-state index contributed by atoms with van der Waals surface area (Å²) in [7, 11) is 0. The van der Waals surface area contributed by atoms with Gasteiger partial charge in [-0.3, -0.25) is 0 Å². The van der Waals surface area contributed by atoms with Crippen LogP contribution in [0.4, 0.5) is 5.82 Å². The lowest BCUT2D eigenvalue weighted by Crippen LogP contribution is -2.25. The highest BCUT2D eigenvalue weighted by Crippen LogP contribution is 2.19. The molecule has 0 atom stereocenters. The summed E-state index contributed by atoms with van der Waals surface area (Å²) in [4.78, 5) is 6.25. The predicted molar refractivity (Wildman–Crippen MR) is 66.7 cm³/mol. The van der Waals surface area contributed by atoms with Gasteiger partial charge in [0.25, 0.3) is 0 Å². The van der Waals surface area contributed by atoms with E-state index in [-0.39, 0.29) is 5.69 Å². The van der Waals surface area contributed by atoms with E-state index >= 15 is 0 Å². The molecule has 1 aromatic heterocycles. The molecule has 0 aliphatic heterocycles. The molecule has 3 nitrogen and oxygen atoms in total. The fraction of sp³-hybridized carbons (Fsp3) is 0.333. The van der Waals surface area contributed by atoms with Crippen molar-refractivity contribution in [3.05, 3.63) is 35.0 Å². The van der Waals surface area contributed by atoms with Crippen LogP contribution >= 0.6 is 11.6 Å². The standard InChI is InChI=1S/C12H14ClN3/c1-4-16(8-9(2)3)12-6-5-10(13)11(7-14)15-12/h5-6H,2,4,8H2,1,3H3. The largest absolute Gasteiger partial charge is 0.353 e. The first-order valence-electron chi connectivity index (χ1n) is 5.04.